The van der Waals surface area contributed by atoms with Gasteiger partial charge in [-0.2, -0.15) is 0 Å². The normalized spacial score (nSPS) is 13.7. The number of fused-ring (bicyclic) bond motifs is 1. The minimum atomic E-state index is -0.998. The first-order chi connectivity index (χ1) is 12.6. The summed E-state index contributed by atoms with van der Waals surface area (Å²) in [7, 11) is 0. The third kappa shape index (κ3) is 3.96. The zero-order valence-corrected chi connectivity index (χ0v) is 14.5. The molecular formula is C20H21NO5. The van der Waals surface area contributed by atoms with Gasteiger partial charge in [-0.1, -0.05) is 30.3 Å². The molecule has 0 spiro atoms. The Labute approximate surface area is 151 Å². The summed E-state index contributed by atoms with van der Waals surface area (Å²) in [6, 6.07) is 12.3. The van der Waals surface area contributed by atoms with Crippen molar-refractivity contribution < 1.29 is 24.2 Å². The van der Waals surface area contributed by atoms with E-state index in [0.29, 0.717) is 48.8 Å². The van der Waals surface area contributed by atoms with Crippen LogP contribution in [0.5, 0.6) is 11.5 Å². The highest BCUT2D eigenvalue weighted by atomic mass is 16.6. The number of carbonyl (C=O) groups excluding carboxylic acids is 1. The Hall–Kier alpha value is -3.02. The number of ketones is 1. The van der Waals surface area contributed by atoms with Gasteiger partial charge < -0.3 is 19.9 Å². The summed E-state index contributed by atoms with van der Waals surface area (Å²) < 4.78 is 11.2. The number of carbonyl (C=O) groups is 2. The molecule has 6 nitrogen and oxygen atoms in total. The van der Waals surface area contributed by atoms with Crippen molar-refractivity contribution in [3.63, 3.8) is 0 Å². The highest BCUT2D eigenvalue weighted by Crippen LogP contribution is 2.39. The van der Waals surface area contributed by atoms with Crippen LogP contribution in [0, 0.1) is 0 Å². The summed E-state index contributed by atoms with van der Waals surface area (Å²) in [5.41, 5.74) is 1.87. The number of benzene rings is 2. The van der Waals surface area contributed by atoms with E-state index in [4.69, 9.17) is 14.6 Å². The lowest BCUT2D eigenvalue weighted by molar-refractivity contribution is -0.137. The van der Waals surface area contributed by atoms with Gasteiger partial charge in [-0.3, -0.25) is 9.59 Å². The number of anilines is 1. The Morgan fingerprint density at radius 2 is 1.85 bits per heavy atom. The van der Waals surface area contributed by atoms with E-state index < -0.39 is 12.0 Å². The molecule has 26 heavy (non-hydrogen) atoms. The van der Waals surface area contributed by atoms with Crippen molar-refractivity contribution in [2.75, 3.05) is 18.5 Å². The van der Waals surface area contributed by atoms with Gasteiger partial charge in [0, 0.05) is 12.1 Å². The van der Waals surface area contributed by atoms with Crippen LogP contribution in [0.2, 0.25) is 0 Å². The number of aliphatic carboxylic acids is 1. The summed E-state index contributed by atoms with van der Waals surface area (Å²) in [5, 5.41) is 12.0. The van der Waals surface area contributed by atoms with Crippen molar-refractivity contribution in [2.45, 2.75) is 25.8 Å². The van der Waals surface area contributed by atoms with E-state index in [9.17, 15) is 9.59 Å². The van der Waals surface area contributed by atoms with Crippen molar-refractivity contribution in [1.29, 1.82) is 0 Å². The fraction of sp³-hybridized carbons (Fsp3) is 0.300. The van der Waals surface area contributed by atoms with Crippen molar-refractivity contribution in [3.05, 3.63) is 53.6 Å². The van der Waals surface area contributed by atoms with Crippen LogP contribution in [0.15, 0.2) is 42.5 Å². The Morgan fingerprint density at radius 3 is 2.58 bits per heavy atom. The monoisotopic (exact) mass is 355 g/mol. The number of hydrogen-bond acceptors (Lipinski definition) is 5. The third-order valence-electron chi connectivity index (χ3n) is 4.21. The first-order valence-electron chi connectivity index (χ1n) is 8.55. The predicted octanol–water partition coefficient (Wildman–Crippen LogP) is 3.16. The van der Waals surface area contributed by atoms with Crippen LogP contribution in [0.1, 0.15) is 29.3 Å². The van der Waals surface area contributed by atoms with E-state index in [-0.39, 0.29) is 5.78 Å². The van der Waals surface area contributed by atoms with E-state index in [2.05, 4.69) is 5.32 Å². The van der Waals surface area contributed by atoms with E-state index in [1.54, 1.807) is 12.1 Å². The molecule has 0 unspecified atom stereocenters. The van der Waals surface area contributed by atoms with Crippen LogP contribution in [0.3, 0.4) is 0 Å². The molecule has 2 aromatic rings. The Bertz CT molecular complexity index is 803. The molecule has 1 aliphatic rings. The quantitative estimate of drug-likeness (QED) is 0.742. The zero-order chi connectivity index (χ0) is 18.5. The Morgan fingerprint density at radius 1 is 1.12 bits per heavy atom. The molecule has 2 N–H and O–H groups in total. The number of Topliss-reactive ketones (excluding diaryl/α,β-unsaturated/α-hetero) is 1. The first-order valence-corrected chi connectivity index (χ1v) is 8.55. The number of nitrogens with one attached hydrogen (secondary N) is 1. The van der Waals surface area contributed by atoms with Gasteiger partial charge in [0.05, 0.1) is 5.56 Å². The van der Waals surface area contributed by atoms with Gasteiger partial charge in [-0.05, 0) is 31.0 Å². The highest BCUT2D eigenvalue weighted by Gasteiger charge is 2.25. The largest absolute Gasteiger partial charge is 0.486 e. The molecule has 2 aromatic carbocycles. The molecule has 6 heteroatoms. The maximum atomic E-state index is 12.9. The van der Waals surface area contributed by atoms with Gasteiger partial charge >= 0.3 is 5.97 Å². The molecular weight excluding hydrogens is 334 g/mol. The summed E-state index contributed by atoms with van der Waals surface area (Å²) in [5.74, 6) is -0.219. The second kappa shape index (κ2) is 7.91. The molecule has 0 amide bonds. The molecule has 3 rings (SSSR count). The Kier molecular flexibility index (Phi) is 5.41. The Balaban J connectivity index is 1.88. The number of hydrogen-bond donors (Lipinski definition) is 2. The number of ether oxygens (including phenoxy) is 2. The van der Waals surface area contributed by atoms with E-state index in [1.807, 2.05) is 30.3 Å². The molecule has 0 bridgehead atoms. The second-order valence-electron chi connectivity index (χ2n) is 6.13. The van der Waals surface area contributed by atoms with Crippen LogP contribution in [-0.2, 0) is 11.2 Å². The molecule has 0 radical (unpaired) electrons. The highest BCUT2D eigenvalue weighted by molar-refractivity contribution is 6.05. The molecule has 136 valence electrons. The summed E-state index contributed by atoms with van der Waals surface area (Å²) >= 11 is 0. The minimum Gasteiger partial charge on any atom is -0.486 e. The summed E-state index contributed by atoms with van der Waals surface area (Å²) in [6.45, 7) is 2.30. The molecule has 1 atom stereocenters. The number of rotatable bonds is 7. The molecule has 0 fully saturated rings. The smallest absolute Gasteiger partial charge is 0.325 e. The lowest BCUT2D eigenvalue weighted by Gasteiger charge is -2.24. The van der Waals surface area contributed by atoms with Crippen molar-refractivity contribution >= 4 is 17.4 Å². The topological polar surface area (TPSA) is 84.9 Å². The van der Waals surface area contributed by atoms with Gasteiger partial charge in [0.25, 0.3) is 0 Å². The van der Waals surface area contributed by atoms with Crippen molar-refractivity contribution in [1.82, 2.24) is 0 Å². The predicted molar refractivity (Wildman–Crippen MR) is 97.2 cm³/mol. The van der Waals surface area contributed by atoms with Gasteiger partial charge in [-0.25, -0.2) is 0 Å². The summed E-state index contributed by atoms with van der Waals surface area (Å²) in [4.78, 5) is 24.1. The van der Waals surface area contributed by atoms with Crippen LogP contribution in [0.25, 0.3) is 0 Å². The molecule has 1 heterocycles. The zero-order valence-electron chi connectivity index (χ0n) is 14.5. The average molecular weight is 355 g/mol. The lowest BCUT2D eigenvalue weighted by Crippen LogP contribution is -2.27. The molecule has 0 saturated carbocycles. The minimum absolute atomic E-state index is 0.115. The number of carboxylic acids is 1. The van der Waals surface area contributed by atoms with Crippen LogP contribution in [0.4, 0.5) is 5.69 Å². The van der Waals surface area contributed by atoms with Crippen molar-refractivity contribution in [2.24, 2.45) is 0 Å². The van der Waals surface area contributed by atoms with Crippen molar-refractivity contribution in [3.8, 4) is 11.5 Å². The number of carboxylic acid groups (broad SMARTS) is 1. The maximum absolute atomic E-state index is 12.9. The fourth-order valence-electron chi connectivity index (χ4n) is 2.84. The average Bonchev–Trinajstić information content (AvgIpc) is 2.66. The molecule has 0 aliphatic carbocycles. The second-order valence-corrected chi connectivity index (χ2v) is 6.13. The van der Waals surface area contributed by atoms with E-state index in [0.717, 1.165) is 5.56 Å². The third-order valence-corrected chi connectivity index (χ3v) is 4.21. The summed E-state index contributed by atoms with van der Waals surface area (Å²) in [6.07, 6.45) is 0.887. The van der Waals surface area contributed by atoms with Crippen LogP contribution < -0.4 is 14.8 Å². The van der Waals surface area contributed by atoms with Gasteiger partial charge in [0.1, 0.15) is 19.3 Å². The molecule has 0 aromatic heterocycles. The molecule has 1 aliphatic heterocycles. The standard InChI is InChI=1S/C20H21NO5/c1-13(20(23)24)21-15-8-10-17-19(26-12-11-25-17)18(15)16(22)9-7-14-5-3-2-4-6-14/h2-6,8,10,13,21H,7,9,11-12H2,1H3,(H,23,24)/t13-/m0/s1. The SMILES string of the molecule is C[C@H](Nc1ccc2c(c1C(=O)CCc1ccccc1)OCCO2)C(=O)O. The van der Waals surface area contributed by atoms with Gasteiger partial charge in [0.2, 0.25) is 0 Å². The van der Waals surface area contributed by atoms with E-state index >= 15 is 0 Å². The van der Waals surface area contributed by atoms with Gasteiger partial charge in [0.15, 0.2) is 17.3 Å². The first kappa shape index (κ1) is 17.8. The fourth-order valence-corrected chi connectivity index (χ4v) is 2.84. The van der Waals surface area contributed by atoms with Crippen LogP contribution >= 0.6 is 0 Å². The number of aryl methyl sites for hydroxylation is 1. The van der Waals surface area contributed by atoms with Crippen LogP contribution in [-0.4, -0.2) is 36.1 Å². The van der Waals surface area contributed by atoms with E-state index in [1.165, 1.54) is 6.92 Å². The van der Waals surface area contributed by atoms with Gasteiger partial charge in [-0.15, -0.1) is 0 Å². The molecule has 0 saturated heterocycles. The lowest BCUT2D eigenvalue weighted by atomic mass is 9.99. The maximum Gasteiger partial charge on any atom is 0.325 e.